The highest BCUT2D eigenvalue weighted by Gasteiger charge is 2.11. The Morgan fingerprint density at radius 1 is 1.12 bits per heavy atom. The minimum atomic E-state index is -0.177. The normalized spacial score (nSPS) is 10.7. The molecule has 4 nitrogen and oxygen atoms in total. The molecule has 4 heteroatoms. The van der Waals surface area contributed by atoms with Crippen molar-refractivity contribution in [2.75, 3.05) is 13.2 Å². The predicted molar refractivity (Wildman–Crippen MR) is 94.5 cm³/mol. The Labute approximate surface area is 141 Å². The molecule has 1 N–H and O–H groups in total. The first-order chi connectivity index (χ1) is 11.8. The van der Waals surface area contributed by atoms with Crippen LogP contribution >= 0.6 is 0 Å². The summed E-state index contributed by atoms with van der Waals surface area (Å²) < 4.78 is 11.2. The molecule has 0 radical (unpaired) electrons. The molecular weight excluding hydrogens is 302 g/mol. The van der Waals surface area contributed by atoms with E-state index in [0.717, 1.165) is 35.1 Å². The maximum atomic E-state index is 12.2. The van der Waals surface area contributed by atoms with Gasteiger partial charge in [0, 0.05) is 11.9 Å². The molecule has 1 aromatic heterocycles. The van der Waals surface area contributed by atoms with Crippen LogP contribution in [0.4, 0.5) is 0 Å². The number of carbonyl (C=O) groups is 1. The fraction of sp³-hybridized carbons (Fsp3) is 0.250. The van der Waals surface area contributed by atoms with Crippen molar-refractivity contribution in [1.29, 1.82) is 0 Å². The first-order valence-electron chi connectivity index (χ1n) is 8.25. The van der Waals surface area contributed by atoms with Gasteiger partial charge >= 0.3 is 0 Å². The molecule has 1 amide bonds. The first kappa shape index (κ1) is 16.1. The van der Waals surface area contributed by atoms with Crippen LogP contribution < -0.4 is 10.1 Å². The lowest BCUT2D eigenvalue weighted by Crippen LogP contribution is -2.24. The second kappa shape index (κ2) is 7.68. The summed E-state index contributed by atoms with van der Waals surface area (Å²) in [4.78, 5) is 12.2. The van der Waals surface area contributed by atoms with Crippen LogP contribution in [0, 0.1) is 0 Å². The van der Waals surface area contributed by atoms with Crippen molar-refractivity contribution < 1.29 is 13.9 Å². The fourth-order valence-electron chi connectivity index (χ4n) is 2.67. The Hall–Kier alpha value is -2.75. The van der Waals surface area contributed by atoms with Crippen molar-refractivity contribution >= 4 is 16.9 Å². The second-order valence-electron chi connectivity index (χ2n) is 5.55. The molecule has 1 heterocycles. The maximum absolute atomic E-state index is 12.2. The van der Waals surface area contributed by atoms with Crippen LogP contribution in [0.5, 0.6) is 5.75 Å². The molecule has 3 aromatic rings. The highest BCUT2D eigenvalue weighted by molar-refractivity contribution is 5.96. The van der Waals surface area contributed by atoms with E-state index in [1.165, 1.54) is 0 Å². The second-order valence-corrected chi connectivity index (χ2v) is 5.55. The zero-order chi connectivity index (χ0) is 16.8. The molecule has 0 spiro atoms. The lowest BCUT2D eigenvalue weighted by Gasteiger charge is -2.10. The molecule has 0 fully saturated rings. The number of benzene rings is 2. The monoisotopic (exact) mass is 323 g/mol. The van der Waals surface area contributed by atoms with Crippen LogP contribution in [0.25, 0.3) is 11.0 Å². The Kier molecular flexibility index (Phi) is 5.16. The molecule has 0 aliphatic heterocycles. The van der Waals surface area contributed by atoms with Crippen molar-refractivity contribution in [2.45, 2.75) is 19.8 Å². The van der Waals surface area contributed by atoms with Crippen molar-refractivity contribution in [1.82, 2.24) is 5.32 Å². The average Bonchev–Trinajstić information content (AvgIpc) is 3.04. The van der Waals surface area contributed by atoms with Gasteiger partial charge in [-0.3, -0.25) is 4.79 Å². The minimum absolute atomic E-state index is 0.177. The van der Waals surface area contributed by atoms with E-state index in [1.54, 1.807) is 6.07 Å². The highest BCUT2D eigenvalue weighted by atomic mass is 16.5. The van der Waals surface area contributed by atoms with Crippen LogP contribution in [0.2, 0.25) is 0 Å². The van der Waals surface area contributed by atoms with Gasteiger partial charge in [0.2, 0.25) is 0 Å². The van der Waals surface area contributed by atoms with Gasteiger partial charge in [-0.15, -0.1) is 0 Å². The summed E-state index contributed by atoms with van der Waals surface area (Å²) in [5.41, 5.74) is 1.89. The average molecular weight is 323 g/mol. The van der Waals surface area contributed by atoms with Gasteiger partial charge in [0.15, 0.2) is 5.76 Å². The van der Waals surface area contributed by atoms with Gasteiger partial charge in [0.1, 0.15) is 11.3 Å². The van der Waals surface area contributed by atoms with E-state index in [2.05, 4.69) is 11.4 Å². The summed E-state index contributed by atoms with van der Waals surface area (Å²) in [7, 11) is 0. The van der Waals surface area contributed by atoms with Crippen LogP contribution in [0.15, 0.2) is 59.0 Å². The van der Waals surface area contributed by atoms with E-state index < -0.39 is 0 Å². The van der Waals surface area contributed by atoms with Gasteiger partial charge < -0.3 is 14.5 Å². The van der Waals surface area contributed by atoms with Gasteiger partial charge in [-0.1, -0.05) is 36.4 Å². The van der Waals surface area contributed by atoms with Gasteiger partial charge in [-0.05, 0) is 43.5 Å². The third-order valence-corrected chi connectivity index (χ3v) is 3.83. The van der Waals surface area contributed by atoms with Gasteiger partial charge in [0.25, 0.3) is 5.91 Å². The number of hydrogen-bond acceptors (Lipinski definition) is 3. The highest BCUT2D eigenvalue weighted by Crippen LogP contribution is 2.20. The van der Waals surface area contributed by atoms with Crippen molar-refractivity contribution in [3.8, 4) is 5.75 Å². The number of furan rings is 1. The SMILES string of the molecule is CCOc1ccccc1CCCNC(=O)c1cc2ccccc2o1. The lowest BCUT2D eigenvalue weighted by molar-refractivity contribution is 0.0927. The quantitative estimate of drug-likeness (QED) is 0.663. The Morgan fingerprint density at radius 2 is 1.92 bits per heavy atom. The molecule has 0 saturated heterocycles. The van der Waals surface area contributed by atoms with E-state index in [4.69, 9.17) is 9.15 Å². The van der Waals surface area contributed by atoms with Crippen molar-refractivity contribution in [3.63, 3.8) is 0 Å². The topological polar surface area (TPSA) is 51.5 Å². The number of fused-ring (bicyclic) bond motifs is 1. The van der Waals surface area contributed by atoms with E-state index >= 15 is 0 Å². The lowest BCUT2D eigenvalue weighted by atomic mass is 10.1. The smallest absolute Gasteiger partial charge is 0.287 e. The molecule has 2 aromatic carbocycles. The van der Waals surface area contributed by atoms with Gasteiger partial charge in [-0.25, -0.2) is 0 Å². The van der Waals surface area contributed by atoms with E-state index in [0.29, 0.717) is 18.9 Å². The van der Waals surface area contributed by atoms with Crippen LogP contribution in [-0.2, 0) is 6.42 Å². The molecule has 0 aliphatic rings. The zero-order valence-electron chi connectivity index (χ0n) is 13.7. The standard InChI is InChI=1S/C20H21NO3/c1-2-23-17-11-5-3-8-15(17)10-7-13-21-20(22)19-14-16-9-4-6-12-18(16)24-19/h3-6,8-9,11-12,14H,2,7,10,13H2,1H3,(H,21,22). The summed E-state index contributed by atoms with van der Waals surface area (Å²) in [6.45, 7) is 3.22. The number of ether oxygens (including phenoxy) is 1. The molecule has 0 atom stereocenters. The number of aryl methyl sites for hydroxylation is 1. The largest absolute Gasteiger partial charge is 0.494 e. The molecule has 124 valence electrons. The number of nitrogens with one attached hydrogen (secondary N) is 1. The Balaban J connectivity index is 1.52. The molecule has 0 unspecified atom stereocenters. The van der Waals surface area contributed by atoms with E-state index in [9.17, 15) is 4.79 Å². The van der Waals surface area contributed by atoms with Crippen LogP contribution in [0.3, 0.4) is 0 Å². The summed E-state index contributed by atoms with van der Waals surface area (Å²) in [6, 6.07) is 17.4. The molecule has 3 rings (SSSR count). The zero-order valence-corrected chi connectivity index (χ0v) is 13.7. The van der Waals surface area contributed by atoms with Gasteiger partial charge in [-0.2, -0.15) is 0 Å². The molecule has 0 aliphatic carbocycles. The number of para-hydroxylation sites is 2. The number of rotatable bonds is 7. The summed E-state index contributed by atoms with van der Waals surface area (Å²) in [5, 5.41) is 3.85. The first-order valence-corrected chi connectivity index (χ1v) is 8.25. The Morgan fingerprint density at radius 3 is 2.75 bits per heavy atom. The van der Waals surface area contributed by atoms with Crippen LogP contribution in [0.1, 0.15) is 29.5 Å². The maximum Gasteiger partial charge on any atom is 0.287 e. The van der Waals surface area contributed by atoms with Crippen molar-refractivity contribution in [2.24, 2.45) is 0 Å². The summed E-state index contributed by atoms with van der Waals surface area (Å²) in [6.07, 6.45) is 1.70. The third-order valence-electron chi connectivity index (χ3n) is 3.83. The summed E-state index contributed by atoms with van der Waals surface area (Å²) in [5.74, 6) is 1.10. The minimum Gasteiger partial charge on any atom is -0.494 e. The van der Waals surface area contributed by atoms with Gasteiger partial charge in [0.05, 0.1) is 6.61 Å². The summed E-state index contributed by atoms with van der Waals surface area (Å²) >= 11 is 0. The van der Waals surface area contributed by atoms with Crippen LogP contribution in [-0.4, -0.2) is 19.1 Å². The van der Waals surface area contributed by atoms with E-state index in [-0.39, 0.29) is 5.91 Å². The number of carbonyl (C=O) groups excluding carboxylic acids is 1. The Bertz CT molecular complexity index is 789. The molecule has 0 saturated carbocycles. The number of amides is 1. The van der Waals surface area contributed by atoms with E-state index in [1.807, 2.05) is 49.4 Å². The third kappa shape index (κ3) is 3.77. The molecular formula is C20H21NO3. The molecule has 0 bridgehead atoms. The fourth-order valence-corrected chi connectivity index (χ4v) is 2.67. The predicted octanol–water partition coefficient (Wildman–Crippen LogP) is 4.19. The number of hydrogen-bond donors (Lipinski definition) is 1. The molecule has 24 heavy (non-hydrogen) atoms. The van der Waals surface area contributed by atoms with Crippen molar-refractivity contribution in [3.05, 3.63) is 65.9 Å².